The van der Waals surface area contributed by atoms with Gasteiger partial charge in [-0.1, -0.05) is 0 Å². The second-order valence-electron chi connectivity index (χ2n) is 3.81. The molecule has 0 unspecified atom stereocenters. The van der Waals surface area contributed by atoms with Gasteiger partial charge in [0.2, 0.25) is 5.78 Å². The van der Waals surface area contributed by atoms with Crippen LogP contribution in [0.2, 0.25) is 0 Å². The molecule has 0 fully saturated rings. The zero-order valence-corrected chi connectivity index (χ0v) is 11.3. The largest absolute Gasteiger partial charge is 0.493 e. The average molecular weight is 262 g/mol. The lowest BCUT2D eigenvalue weighted by molar-refractivity contribution is 0.104. The van der Waals surface area contributed by atoms with Gasteiger partial charge in [0, 0.05) is 10.4 Å². The van der Waals surface area contributed by atoms with Crippen molar-refractivity contribution in [1.29, 1.82) is 0 Å². The first-order valence-corrected chi connectivity index (χ1v) is 6.30. The molecule has 0 radical (unpaired) electrons. The van der Waals surface area contributed by atoms with Gasteiger partial charge in [-0.25, -0.2) is 0 Å². The Labute approximate surface area is 110 Å². The molecular weight excluding hydrogens is 248 g/mol. The highest BCUT2D eigenvalue weighted by atomic mass is 32.1. The molecule has 18 heavy (non-hydrogen) atoms. The Morgan fingerprint density at radius 2 is 1.78 bits per heavy atom. The number of aryl methyl sites for hydroxylation is 1. The fourth-order valence-corrected chi connectivity index (χ4v) is 2.51. The van der Waals surface area contributed by atoms with E-state index in [9.17, 15) is 4.79 Å². The number of benzene rings is 1. The maximum atomic E-state index is 12.2. The smallest absolute Gasteiger partial charge is 0.203 e. The molecule has 4 heteroatoms. The van der Waals surface area contributed by atoms with Crippen molar-refractivity contribution >= 4 is 17.1 Å². The van der Waals surface area contributed by atoms with Crippen molar-refractivity contribution in [2.24, 2.45) is 0 Å². The lowest BCUT2D eigenvalue weighted by Gasteiger charge is -2.08. The predicted molar refractivity (Wildman–Crippen MR) is 72.0 cm³/mol. The summed E-state index contributed by atoms with van der Waals surface area (Å²) in [6.45, 7) is 1.98. The standard InChI is InChI=1S/C14H14O3S/c1-9-4-7-13(18-9)14(15)10-5-6-11(16-2)12(8-10)17-3/h4-8H,1-3H3. The van der Waals surface area contributed by atoms with Gasteiger partial charge < -0.3 is 9.47 Å². The molecule has 0 saturated carbocycles. The molecule has 0 N–H and O–H groups in total. The number of rotatable bonds is 4. The summed E-state index contributed by atoms with van der Waals surface area (Å²) in [5, 5.41) is 0. The molecule has 0 aliphatic carbocycles. The quantitative estimate of drug-likeness (QED) is 0.793. The lowest BCUT2D eigenvalue weighted by atomic mass is 10.1. The molecule has 0 amide bonds. The molecule has 94 valence electrons. The second-order valence-corrected chi connectivity index (χ2v) is 5.10. The molecule has 3 nitrogen and oxygen atoms in total. The first-order valence-electron chi connectivity index (χ1n) is 5.49. The fourth-order valence-electron chi connectivity index (χ4n) is 1.68. The highest BCUT2D eigenvalue weighted by molar-refractivity contribution is 7.14. The lowest BCUT2D eigenvalue weighted by Crippen LogP contribution is -2.00. The van der Waals surface area contributed by atoms with Gasteiger partial charge in [-0.15, -0.1) is 11.3 Å². The number of hydrogen-bond donors (Lipinski definition) is 0. The first-order chi connectivity index (χ1) is 8.65. The average Bonchev–Trinajstić information content (AvgIpc) is 2.83. The number of methoxy groups -OCH3 is 2. The summed E-state index contributed by atoms with van der Waals surface area (Å²) in [4.78, 5) is 14.1. The van der Waals surface area contributed by atoms with E-state index in [1.165, 1.54) is 11.3 Å². The van der Waals surface area contributed by atoms with E-state index in [2.05, 4.69) is 0 Å². The van der Waals surface area contributed by atoms with Crippen LogP contribution in [-0.4, -0.2) is 20.0 Å². The van der Waals surface area contributed by atoms with Crippen LogP contribution in [0.25, 0.3) is 0 Å². The van der Waals surface area contributed by atoms with Crippen LogP contribution in [0.1, 0.15) is 20.1 Å². The molecule has 0 atom stereocenters. The van der Waals surface area contributed by atoms with Gasteiger partial charge in [0.25, 0.3) is 0 Å². The topological polar surface area (TPSA) is 35.5 Å². The minimum atomic E-state index is 0.00838. The number of thiophene rings is 1. The number of ketones is 1. The van der Waals surface area contributed by atoms with Gasteiger partial charge in [0.1, 0.15) is 0 Å². The van der Waals surface area contributed by atoms with Gasteiger partial charge in [-0.3, -0.25) is 4.79 Å². The SMILES string of the molecule is COc1ccc(C(=O)c2ccc(C)s2)cc1OC. The molecule has 0 aliphatic rings. The van der Waals surface area contributed by atoms with E-state index in [4.69, 9.17) is 9.47 Å². The Hall–Kier alpha value is -1.81. The van der Waals surface area contributed by atoms with E-state index >= 15 is 0 Å². The molecule has 0 spiro atoms. The molecule has 2 aromatic rings. The van der Waals surface area contributed by atoms with Gasteiger partial charge >= 0.3 is 0 Å². The molecule has 2 rings (SSSR count). The third kappa shape index (κ3) is 2.38. The van der Waals surface area contributed by atoms with Crippen LogP contribution < -0.4 is 9.47 Å². The van der Waals surface area contributed by atoms with Crippen molar-refractivity contribution in [3.8, 4) is 11.5 Å². The fraction of sp³-hybridized carbons (Fsp3) is 0.214. The van der Waals surface area contributed by atoms with E-state index in [0.29, 0.717) is 17.1 Å². The number of ether oxygens (including phenoxy) is 2. The minimum Gasteiger partial charge on any atom is -0.493 e. The summed E-state index contributed by atoms with van der Waals surface area (Å²) < 4.78 is 10.3. The van der Waals surface area contributed by atoms with E-state index < -0.39 is 0 Å². The van der Waals surface area contributed by atoms with Gasteiger partial charge in [-0.05, 0) is 37.3 Å². The number of carbonyl (C=O) groups excluding carboxylic acids is 1. The molecular formula is C14H14O3S. The Kier molecular flexibility index (Phi) is 3.67. The van der Waals surface area contributed by atoms with E-state index in [0.717, 1.165) is 9.75 Å². The minimum absolute atomic E-state index is 0.00838. The Bertz CT molecular complexity index is 572. The number of carbonyl (C=O) groups is 1. The van der Waals surface area contributed by atoms with Crippen molar-refractivity contribution in [3.05, 3.63) is 45.6 Å². The van der Waals surface area contributed by atoms with E-state index in [-0.39, 0.29) is 5.78 Å². The molecule has 0 aliphatic heterocycles. The van der Waals surface area contributed by atoms with Crippen LogP contribution in [0.3, 0.4) is 0 Å². The first kappa shape index (κ1) is 12.6. The zero-order valence-electron chi connectivity index (χ0n) is 10.5. The Balaban J connectivity index is 2.36. The van der Waals surface area contributed by atoms with Gasteiger partial charge in [0.15, 0.2) is 11.5 Å². The summed E-state index contributed by atoms with van der Waals surface area (Å²) in [5.74, 6) is 1.20. The third-order valence-corrected chi connectivity index (χ3v) is 3.61. The van der Waals surface area contributed by atoms with Crippen molar-refractivity contribution in [2.75, 3.05) is 14.2 Å². The van der Waals surface area contributed by atoms with Crippen LogP contribution in [0, 0.1) is 6.92 Å². The van der Waals surface area contributed by atoms with Crippen LogP contribution >= 0.6 is 11.3 Å². The predicted octanol–water partition coefficient (Wildman–Crippen LogP) is 3.30. The van der Waals surface area contributed by atoms with Crippen molar-refractivity contribution < 1.29 is 14.3 Å². The summed E-state index contributed by atoms with van der Waals surface area (Å²) in [6, 6.07) is 8.99. The monoisotopic (exact) mass is 262 g/mol. The van der Waals surface area contributed by atoms with E-state index in [1.54, 1.807) is 32.4 Å². The van der Waals surface area contributed by atoms with E-state index in [1.807, 2.05) is 19.1 Å². The summed E-state index contributed by atoms with van der Waals surface area (Å²) in [5.41, 5.74) is 0.606. The van der Waals surface area contributed by atoms with Crippen LogP contribution in [-0.2, 0) is 0 Å². The molecule has 1 aromatic heterocycles. The summed E-state index contributed by atoms with van der Waals surface area (Å²) in [7, 11) is 3.13. The highest BCUT2D eigenvalue weighted by Crippen LogP contribution is 2.29. The maximum absolute atomic E-state index is 12.2. The normalized spacial score (nSPS) is 10.2. The Morgan fingerprint density at radius 3 is 2.33 bits per heavy atom. The van der Waals surface area contributed by atoms with Crippen molar-refractivity contribution in [1.82, 2.24) is 0 Å². The third-order valence-electron chi connectivity index (χ3n) is 2.61. The molecule has 0 bridgehead atoms. The number of hydrogen-bond acceptors (Lipinski definition) is 4. The van der Waals surface area contributed by atoms with Gasteiger partial charge in [0.05, 0.1) is 19.1 Å². The summed E-state index contributed by atoms with van der Waals surface area (Å²) in [6.07, 6.45) is 0. The molecule has 1 aromatic carbocycles. The molecule has 0 saturated heterocycles. The second kappa shape index (κ2) is 5.23. The van der Waals surface area contributed by atoms with Crippen LogP contribution in [0.5, 0.6) is 11.5 Å². The van der Waals surface area contributed by atoms with Crippen LogP contribution in [0.4, 0.5) is 0 Å². The zero-order chi connectivity index (χ0) is 13.1. The Morgan fingerprint density at radius 1 is 1.06 bits per heavy atom. The summed E-state index contributed by atoms with van der Waals surface area (Å²) >= 11 is 1.49. The van der Waals surface area contributed by atoms with Crippen molar-refractivity contribution in [2.45, 2.75) is 6.92 Å². The maximum Gasteiger partial charge on any atom is 0.203 e. The molecule has 1 heterocycles. The van der Waals surface area contributed by atoms with Gasteiger partial charge in [-0.2, -0.15) is 0 Å². The highest BCUT2D eigenvalue weighted by Gasteiger charge is 2.14. The van der Waals surface area contributed by atoms with Crippen molar-refractivity contribution in [3.63, 3.8) is 0 Å². The van der Waals surface area contributed by atoms with Crippen LogP contribution in [0.15, 0.2) is 30.3 Å².